The van der Waals surface area contributed by atoms with Crippen LogP contribution in [0.15, 0.2) is 30.5 Å². The van der Waals surface area contributed by atoms with Gasteiger partial charge in [-0.3, -0.25) is 14.4 Å². The first kappa shape index (κ1) is 25.2. The average molecular weight is 466 g/mol. The summed E-state index contributed by atoms with van der Waals surface area (Å²) < 4.78 is 0. The Bertz CT molecular complexity index is 980. The molecule has 0 saturated heterocycles. The standard InChI is InChI=1S/C20H27N5O6S/c1-10(23-18(28)13(21)9-32)17(27)24-15(19(29)25-16(8-26)20(30)31)6-11-7-22-14-5-3-2-4-12(11)14/h2-5,7,10,13,15-16,22,26,32H,6,8-9,21H2,1H3,(H,23,28)(H,24,27)(H,25,29)(H,30,31). The number of para-hydroxylation sites is 1. The van der Waals surface area contributed by atoms with E-state index in [1.165, 1.54) is 6.92 Å². The second-order valence-corrected chi connectivity index (χ2v) is 7.59. The van der Waals surface area contributed by atoms with Crippen molar-refractivity contribution in [1.29, 1.82) is 0 Å². The van der Waals surface area contributed by atoms with Gasteiger partial charge in [0.25, 0.3) is 0 Å². The van der Waals surface area contributed by atoms with Crippen LogP contribution in [-0.2, 0) is 25.6 Å². The number of H-pyrrole nitrogens is 1. The lowest BCUT2D eigenvalue weighted by molar-refractivity contribution is -0.143. The highest BCUT2D eigenvalue weighted by molar-refractivity contribution is 7.80. The summed E-state index contributed by atoms with van der Waals surface area (Å²) in [5.41, 5.74) is 7.13. The van der Waals surface area contributed by atoms with Gasteiger partial charge in [-0.2, -0.15) is 12.6 Å². The fourth-order valence-electron chi connectivity index (χ4n) is 2.95. The zero-order chi connectivity index (χ0) is 23.8. The summed E-state index contributed by atoms with van der Waals surface area (Å²) in [6.07, 6.45) is 1.73. The molecule has 0 bridgehead atoms. The number of nitrogens with one attached hydrogen (secondary N) is 4. The fraction of sp³-hybridized carbons (Fsp3) is 0.400. The second-order valence-electron chi connectivity index (χ2n) is 7.23. The monoisotopic (exact) mass is 465 g/mol. The third-order valence-corrected chi connectivity index (χ3v) is 5.21. The lowest BCUT2D eigenvalue weighted by Crippen LogP contribution is -2.57. The summed E-state index contributed by atoms with van der Waals surface area (Å²) in [4.78, 5) is 51.6. The summed E-state index contributed by atoms with van der Waals surface area (Å²) in [6.45, 7) is 0.607. The molecule has 2 rings (SSSR count). The number of aliphatic hydroxyl groups excluding tert-OH is 1. The molecule has 0 saturated carbocycles. The number of benzene rings is 1. The Labute approximate surface area is 189 Å². The summed E-state index contributed by atoms with van der Waals surface area (Å²) in [5, 5.41) is 26.3. The van der Waals surface area contributed by atoms with Gasteiger partial charge in [0, 0.05) is 29.3 Å². The number of hydrogen-bond acceptors (Lipinski definition) is 7. The van der Waals surface area contributed by atoms with E-state index >= 15 is 0 Å². The van der Waals surface area contributed by atoms with Crippen molar-refractivity contribution >= 4 is 47.2 Å². The van der Waals surface area contributed by atoms with Gasteiger partial charge >= 0.3 is 5.97 Å². The van der Waals surface area contributed by atoms with Crippen LogP contribution < -0.4 is 21.7 Å². The van der Waals surface area contributed by atoms with E-state index in [0.29, 0.717) is 5.56 Å². The third kappa shape index (κ3) is 6.45. The molecule has 0 aliphatic heterocycles. The maximum Gasteiger partial charge on any atom is 0.328 e. The lowest BCUT2D eigenvalue weighted by atomic mass is 10.0. The Kier molecular flexibility index (Phi) is 9.05. The van der Waals surface area contributed by atoms with Gasteiger partial charge in [0.2, 0.25) is 17.7 Å². The van der Waals surface area contributed by atoms with Crippen molar-refractivity contribution in [1.82, 2.24) is 20.9 Å². The third-order valence-electron chi connectivity index (χ3n) is 4.81. The molecule has 8 N–H and O–H groups in total. The summed E-state index contributed by atoms with van der Waals surface area (Å²) >= 11 is 3.94. The topological polar surface area (TPSA) is 187 Å². The molecule has 4 atom stereocenters. The normalized spacial score (nSPS) is 14.8. The highest BCUT2D eigenvalue weighted by Gasteiger charge is 2.29. The van der Waals surface area contributed by atoms with Gasteiger partial charge in [-0.05, 0) is 18.6 Å². The van der Waals surface area contributed by atoms with E-state index in [0.717, 1.165) is 10.9 Å². The molecule has 174 valence electrons. The SMILES string of the molecule is CC(NC(=O)C(N)CS)C(=O)NC(Cc1c[nH]c2ccccc12)C(=O)NC(CO)C(=O)O. The number of hydrogen-bond donors (Lipinski definition) is 8. The number of nitrogens with two attached hydrogens (primary N) is 1. The first-order chi connectivity index (χ1) is 15.2. The quantitative estimate of drug-likeness (QED) is 0.186. The van der Waals surface area contributed by atoms with Crippen LogP contribution in [0.4, 0.5) is 0 Å². The minimum absolute atomic E-state index is 0.0379. The van der Waals surface area contributed by atoms with Crippen molar-refractivity contribution < 1.29 is 29.4 Å². The number of carbonyl (C=O) groups is 4. The summed E-state index contributed by atoms with van der Waals surface area (Å²) in [5.74, 6) is -3.37. The molecule has 0 spiro atoms. The van der Waals surface area contributed by atoms with E-state index in [-0.39, 0.29) is 12.2 Å². The number of fused-ring (bicyclic) bond motifs is 1. The fourth-order valence-corrected chi connectivity index (χ4v) is 3.12. The number of amides is 3. The molecule has 0 radical (unpaired) electrons. The molecule has 1 aromatic heterocycles. The van der Waals surface area contributed by atoms with Crippen LogP contribution in [0.1, 0.15) is 12.5 Å². The lowest BCUT2D eigenvalue weighted by Gasteiger charge is -2.23. The minimum Gasteiger partial charge on any atom is -0.480 e. The van der Waals surface area contributed by atoms with Crippen LogP contribution in [0.2, 0.25) is 0 Å². The predicted molar refractivity (Wildman–Crippen MR) is 120 cm³/mol. The van der Waals surface area contributed by atoms with Gasteiger partial charge in [0.1, 0.15) is 18.1 Å². The number of thiol groups is 1. The maximum atomic E-state index is 12.8. The Morgan fingerprint density at radius 2 is 1.72 bits per heavy atom. The first-order valence-electron chi connectivity index (χ1n) is 9.84. The molecule has 4 unspecified atom stereocenters. The van der Waals surface area contributed by atoms with Gasteiger partial charge in [-0.1, -0.05) is 18.2 Å². The number of aromatic nitrogens is 1. The molecule has 1 heterocycles. The van der Waals surface area contributed by atoms with Crippen molar-refractivity contribution in [3.8, 4) is 0 Å². The number of aliphatic carboxylic acids is 1. The van der Waals surface area contributed by atoms with Gasteiger partial charge < -0.3 is 36.9 Å². The largest absolute Gasteiger partial charge is 0.480 e. The zero-order valence-corrected chi connectivity index (χ0v) is 18.3. The Balaban J connectivity index is 2.21. The highest BCUT2D eigenvalue weighted by Crippen LogP contribution is 2.19. The van der Waals surface area contributed by atoms with Crippen LogP contribution in [0.5, 0.6) is 0 Å². The molecule has 1 aromatic carbocycles. The van der Waals surface area contributed by atoms with Gasteiger partial charge in [0.05, 0.1) is 12.6 Å². The van der Waals surface area contributed by atoms with Gasteiger partial charge in [-0.15, -0.1) is 0 Å². The molecular formula is C20H27N5O6S. The van der Waals surface area contributed by atoms with E-state index in [9.17, 15) is 24.3 Å². The van der Waals surface area contributed by atoms with E-state index in [2.05, 4.69) is 33.6 Å². The van der Waals surface area contributed by atoms with E-state index < -0.39 is 54.5 Å². The number of carbonyl (C=O) groups excluding carboxylic acids is 3. The Morgan fingerprint density at radius 3 is 2.34 bits per heavy atom. The number of carboxylic acid groups (broad SMARTS) is 1. The molecule has 12 heteroatoms. The molecule has 0 aliphatic rings. The summed E-state index contributed by atoms with van der Waals surface area (Å²) in [6, 6.07) is 2.73. The highest BCUT2D eigenvalue weighted by atomic mass is 32.1. The first-order valence-corrected chi connectivity index (χ1v) is 10.5. The second kappa shape index (κ2) is 11.5. The van der Waals surface area contributed by atoms with Gasteiger partial charge in [-0.25, -0.2) is 4.79 Å². The van der Waals surface area contributed by atoms with Crippen LogP contribution in [0.3, 0.4) is 0 Å². The van der Waals surface area contributed by atoms with Crippen LogP contribution >= 0.6 is 12.6 Å². The van der Waals surface area contributed by atoms with E-state index in [4.69, 9.17) is 10.8 Å². The smallest absolute Gasteiger partial charge is 0.328 e. The number of carboxylic acids is 1. The van der Waals surface area contributed by atoms with E-state index in [1.54, 1.807) is 6.20 Å². The minimum atomic E-state index is -1.53. The van der Waals surface area contributed by atoms with E-state index in [1.807, 2.05) is 24.3 Å². The molecule has 2 aromatic rings. The molecule has 11 nitrogen and oxygen atoms in total. The Morgan fingerprint density at radius 1 is 1.06 bits per heavy atom. The van der Waals surface area contributed by atoms with Crippen molar-refractivity contribution in [2.75, 3.05) is 12.4 Å². The number of aliphatic hydroxyl groups is 1. The predicted octanol–water partition coefficient (Wildman–Crippen LogP) is -1.48. The zero-order valence-electron chi connectivity index (χ0n) is 17.4. The molecule has 0 fully saturated rings. The molecule has 0 aliphatic carbocycles. The molecule has 32 heavy (non-hydrogen) atoms. The Hall–Kier alpha value is -3.09. The van der Waals surface area contributed by atoms with Crippen LogP contribution in [0, 0.1) is 0 Å². The van der Waals surface area contributed by atoms with Crippen molar-refractivity contribution in [2.24, 2.45) is 5.73 Å². The van der Waals surface area contributed by atoms with Crippen molar-refractivity contribution in [3.63, 3.8) is 0 Å². The number of rotatable bonds is 11. The van der Waals surface area contributed by atoms with Crippen LogP contribution in [-0.4, -0.2) is 75.4 Å². The van der Waals surface area contributed by atoms with Crippen molar-refractivity contribution in [2.45, 2.75) is 37.5 Å². The van der Waals surface area contributed by atoms with Gasteiger partial charge in [0.15, 0.2) is 0 Å². The average Bonchev–Trinajstić information content (AvgIpc) is 3.18. The van der Waals surface area contributed by atoms with Crippen LogP contribution in [0.25, 0.3) is 10.9 Å². The molecule has 3 amide bonds. The number of aromatic amines is 1. The summed E-state index contributed by atoms with van der Waals surface area (Å²) in [7, 11) is 0. The molecular weight excluding hydrogens is 438 g/mol. The maximum absolute atomic E-state index is 12.8. The van der Waals surface area contributed by atoms with Crippen molar-refractivity contribution in [3.05, 3.63) is 36.0 Å².